The van der Waals surface area contributed by atoms with Crippen molar-refractivity contribution < 1.29 is 9.53 Å². The van der Waals surface area contributed by atoms with Crippen LogP contribution < -0.4 is 5.32 Å². The van der Waals surface area contributed by atoms with Gasteiger partial charge in [-0.05, 0) is 25.0 Å². The van der Waals surface area contributed by atoms with Crippen molar-refractivity contribution in [3.63, 3.8) is 0 Å². The number of hydrogen-bond donors (Lipinski definition) is 2. The summed E-state index contributed by atoms with van der Waals surface area (Å²) in [6.07, 6.45) is 5.71. The van der Waals surface area contributed by atoms with E-state index < -0.39 is 0 Å². The molecule has 0 bridgehead atoms. The molecule has 130 valence electrons. The molecule has 1 aliphatic heterocycles. The first-order chi connectivity index (χ1) is 12.2. The third-order valence-corrected chi connectivity index (χ3v) is 5.00. The molecule has 2 aromatic heterocycles. The Morgan fingerprint density at radius 3 is 3.12 bits per heavy atom. The Kier molecular flexibility index (Phi) is 4.28. The zero-order valence-electron chi connectivity index (χ0n) is 14.2. The summed E-state index contributed by atoms with van der Waals surface area (Å²) in [4.78, 5) is 12.7. The zero-order valence-corrected chi connectivity index (χ0v) is 14.2. The van der Waals surface area contributed by atoms with Crippen molar-refractivity contribution in [2.24, 2.45) is 13.0 Å². The molecule has 0 aliphatic carbocycles. The molecule has 2 atom stereocenters. The molecule has 25 heavy (non-hydrogen) atoms. The van der Waals surface area contributed by atoms with E-state index in [1.54, 1.807) is 6.20 Å². The fourth-order valence-electron chi connectivity index (χ4n) is 3.66. The fraction of sp³-hybridized carbons (Fsp3) is 0.368. The number of fused-ring (bicyclic) bond motifs is 1. The number of rotatable bonds is 4. The molecule has 1 saturated heterocycles. The van der Waals surface area contributed by atoms with Gasteiger partial charge in [0.05, 0.1) is 12.3 Å². The first kappa shape index (κ1) is 15.9. The first-order valence-electron chi connectivity index (χ1n) is 8.67. The second-order valence-corrected chi connectivity index (χ2v) is 6.58. The molecular weight excluding hydrogens is 316 g/mol. The Hall–Kier alpha value is -2.60. The summed E-state index contributed by atoms with van der Waals surface area (Å²) in [5.74, 6) is 0.209. The minimum Gasteiger partial charge on any atom is -0.373 e. The Morgan fingerprint density at radius 1 is 1.44 bits per heavy atom. The van der Waals surface area contributed by atoms with Crippen LogP contribution in [0, 0.1) is 5.92 Å². The normalized spacial score (nSPS) is 20.7. The average Bonchev–Trinajstić information content (AvgIpc) is 3.29. The van der Waals surface area contributed by atoms with Gasteiger partial charge in [-0.25, -0.2) is 0 Å². The van der Waals surface area contributed by atoms with E-state index in [1.165, 1.54) is 0 Å². The predicted octanol–water partition coefficient (Wildman–Crippen LogP) is 2.80. The van der Waals surface area contributed by atoms with Crippen molar-refractivity contribution in [3.05, 3.63) is 54.0 Å². The quantitative estimate of drug-likeness (QED) is 0.768. The summed E-state index contributed by atoms with van der Waals surface area (Å²) in [6.45, 7) is 1.35. The average molecular weight is 338 g/mol. The zero-order chi connectivity index (χ0) is 17.2. The van der Waals surface area contributed by atoms with E-state index in [0.29, 0.717) is 12.2 Å². The van der Waals surface area contributed by atoms with Crippen LogP contribution in [0.4, 0.5) is 0 Å². The maximum absolute atomic E-state index is 12.7. The van der Waals surface area contributed by atoms with Gasteiger partial charge in [-0.1, -0.05) is 18.2 Å². The summed E-state index contributed by atoms with van der Waals surface area (Å²) in [5.41, 5.74) is 2.78. The fourth-order valence-corrected chi connectivity index (χ4v) is 3.66. The van der Waals surface area contributed by atoms with E-state index in [9.17, 15) is 4.79 Å². The molecule has 3 aromatic rings. The predicted molar refractivity (Wildman–Crippen MR) is 95.3 cm³/mol. The number of H-pyrrole nitrogens is 1. The number of aromatic nitrogens is 3. The van der Waals surface area contributed by atoms with Crippen molar-refractivity contribution in [3.8, 4) is 0 Å². The lowest BCUT2D eigenvalue weighted by Crippen LogP contribution is -2.35. The summed E-state index contributed by atoms with van der Waals surface area (Å²) in [7, 11) is 1.93. The summed E-state index contributed by atoms with van der Waals surface area (Å²) in [5, 5.41) is 11.0. The number of para-hydroxylation sites is 1. The van der Waals surface area contributed by atoms with Crippen LogP contribution in [0.5, 0.6) is 0 Å². The van der Waals surface area contributed by atoms with Crippen molar-refractivity contribution in [2.75, 3.05) is 13.2 Å². The van der Waals surface area contributed by atoms with Crippen LogP contribution in [0.3, 0.4) is 0 Å². The third kappa shape index (κ3) is 3.05. The monoisotopic (exact) mass is 338 g/mol. The summed E-state index contributed by atoms with van der Waals surface area (Å²) in [6, 6.07) is 9.96. The van der Waals surface area contributed by atoms with E-state index in [-0.39, 0.29) is 17.9 Å². The lowest BCUT2D eigenvalue weighted by atomic mass is 9.91. The number of hydrogen-bond acceptors (Lipinski definition) is 3. The Bertz CT molecular complexity index is 869. The van der Waals surface area contributed by atoms with Crippen LogP contribution in [0.25, 0.3) is 10.9 Å². The second kappa shape index (κ2) is 6.72. The van der Waals surface area contributed by atoms with Gasteiger partial charge in [-0.3, -0.25) is 9.89 Å². The number of ether oxygens (including phenoxy) is 1. The maximum Gasteiger partial charge on any atom is 0.267 e. The molecule has 6 nitrogen and oxygen atoms in total. The molecule has 3 heterocycles. The van der Waals surface area contributed by atoms with Crippen LogP contribution in [0.1, 0.15) is 35.0 Å². The van der Waals surface area contributed by atoms with Crippen molar-refractivity contribution in [1.29, 1.82) is 0 Å². The van der Waals surface area contributed by atoms with Crippen LogP contribution in [-0.2, 0) is 11.8 Å². The molecule has 1 amide bonds. The highest BCUT2D eigenvalue weighted by Crippen LogP contribution is 2.32. The standard InChI is InChI=1S/C19H22N4O2/c1-23-16-7-3-2-5-13(16)9-17(23)19(24)20-10-14-6-4-8-25-18(14)15-11-21-22-12-15/h2-3,5,7,9,11-12,14,18H,4,6,8,10H2,1H3,(H,20,24)(H,21,22)/t14-,18+/m0/s1. The van der Waals surface area contributed by atoms with Crippen molar-refractivity contribution in [2.45, 2.75) is 18.9 Å². The Morgan fingerprint density at radius 2 is 2.32 bits per heavy atom. The van der Waals surface area contributed by atoms with Gasteiger partial charge in [-0.2, -0.15) is 5.10 Å². The largest absolute Gasteiger partial charge is 0.373 e. The Balaban J connectivity index is 1.47. The van der Waals surface area contributed by atoms with Crippen LogP contribution in [0.15, 0.2) is 42.7 Å². The molecule has 4 rings (SSSR count). The van der Waals surface area contributed by atoms with Gasteiger partial charge in [0.2, 0.25) is 0 Å². The third-order valence-electron chi connectivity index (χ3n) is 5.00. The van der Waals surface area contributed by atoms with Crippen molar-refractivity contribution >= 4 is 16.8 Å². The SMILES string of the molecule is Cn1c(C(=O)NC[C@@H]2CCCO[C@H]2c2cn[nH]c2)cc2ccccc21. The summed E-state index contributed by atoms with van der Waals surface area (Å²) < 4.78 is 7.87. The van der Waals surface area contributed by atoms with Gasteiger partial charge >= 0.3 is 0 Å². The van der Waals surface area contributed by atoms with E-state index in [4.69, 9.17) is 4.74 Å². The molecular formula is C19H22N4O2. The van der Waals surface area contributed by atoms with Crippen LogP contribution >= 0.6 is 0 Å². The Labute approximate surface area is 146 Å². The van der Waals surface area contributed by atoms with E-state index in [1.807, 2.05) is 48.1 Å². The van der Waals surface area contributed by atoms with E-state index >= 15 is 0 Å². The number of amides is 1. The minimum atomic E-state index is -0.0461. The lowest BCUT2D eigenvalue weighted by molar-refractivity contribution is -0.0272. The van der Waals surface area contributed by atoms with E-state index in [2.05, 4.69) is 15.5 Å². The minimum absolute atomic E-state index is 0.0136. The number of nitrogens with one attached hydrogen (secondary N) is 2. The van der Waals surface area contributed by atoms with Crippen molar-refractivity contribution in [1.82, 2.24) is 20.1 Å². The molecule has 1 fully saturated rings. The topological polar surface area (TPSA) is 71.9 Å². The molecule has 0 radical (unpaired) electrons. The number of aryl methyl sites for hydroxylation is 1. The first-order valence-corrected chi connectivity index (χ1v) is 8.67. The van der Waals surface area contributed by atoms with Gasteiger partial charge < -0.3 is 14.6 Å². The maximum atomic E-state index is 12.7. The second-order valence-electron chi connectivity index (χ2n) is 6.58. The van der Waals surface area contributed by atoms with Gasteiger partial charge in [0.25, 0.3) is 5.91 Å². The highest BCUT2D eigenvalue weighted by atomic mass is 16.5. The van der Waals surface area contributed by atoms with Crippen LogP contribution in [-0.4, -0.2) is 33.8 Å². The summed E-state index contributed by atoms with van der Waals surface area (Å²) >= 11 is 0. The molecule has 0 saturated carbocycles. The number of nitrogens with zero attached hydrogens (tertiary/aromatic N) is 2. The van der Waals surface area contributed by atoms with Crippen LogP contribution in [0.2, 0.25) is 0 Å². The molecule has 0 spiro atoms. The number of aromatic amines is 1. The number of benzene rings is 1. The van der Waals surface area contributed by atoms with Gasteiger partial charge in [0.15, 0.2) is 0 Å². The van der Waals surface area contributed by atoms with E-state index in [0.717, 1.165) is 35.9 Å². The van der Waals surface area contributed by atoms with Gasteiger partial charge in [-0.15, -0.1) is 0 Å². The highest BCUT2D eigenvalue weighted by Gasteiger charge is 2.28. The number of carbonyl (C=O) groups excluding carboxylic acids is 1. The smallest absolute Gasteiger partial charge is 0.267 e. The molecule has 2 N–H and O–H groups in total. The molecule has 1 aliphatic rings. The molecule has 1 aromatic carbocycles. The highest BCUT2D eigenvalue weighted by molar-refractivity contribution is 5.98. The molecule has 6 heteroatoms. The van der Waals surface area contributed by atoms with Gasteiger partial charge in [0, 0.05) is 48.8 Å². The lowest BCUT2D eigenvalue weighted by Gasteiger charge is -2.31. The number of carbonyl (C=O) groups is 1. The van der Waals surface area contributed by atoms with Gasteiger partial charge in [0.1, 0.15) is 5.69 Å². The molecule has 0 unspecified atom stereocenters.